The van der Waals surface area contributed by atoms with Crippen LogP contribution in [0.25, 0.3) is 0 Å². The second-order valence-corrected chi connectivity index (χ2v) is 3.01. The van der Waals surface area contributed by atoms with Crippen LogP contribution in [0.2, 0.25) is 0 Å². The third-order valence-corrected chi connectivity index (χ3v) is 1.86. The monoisotopic (exact) mass is 166 g/mol. The molecule has 0 aromatic heterocycles. The first kappa shape index (κ1) is 10.1. The summed E-state index contributed by atoms with van der Waals surface area (Å²) < 4.78 is 22.6. The molecule has 2 atom stereocenters. The predicted octanol–water partition coefficient (Wildman–Crippen LogP) is 1.58. The van der Waals surface area contributed by atoms with E-state index in [1.165, 1.54) is 0 Å². The van der Waals surface area contributed by atoms with Gasteiger partial charge in [0.25, 0.3) is 0 Å². The van der Waals surface area contributed by atoms with Crippen LogP contribution in [0.1, 0.15) is 26.7 Å². The van der Waals surface area contributed by atoms with Crippen LogP contribution < -0.4 is 0 Å². The van der Waals surface area contributed by atoms with Gasteiger partial charge in [0.1, 0.15) is 0 Å². The standard InChI is InChI=1S/C6H14O3S/c1-3-6(2)4-5-9-10(7)8/h6H,3-5H2,1-2H3,(H,7,8). The summed E-state index contributed by atoms with van der Waals surface area (Å²) in [5.74, 6) is 0.573. The Hall–Kier alpha value is 0.0700. The van der Waals surface area contributed by atoms with E-state index in [9.17, 15) is 4.21 Å². The van der Waals surface area contributed by atoms with Crippen LogP contribution >= 0.6 is 0 Å². The molecule has 62 valence electrons. The summed E-state index contributed by atoms with van der Waals surface area (Å²) in [6.07, 6.45) is 1.93. The van der Waals surface area contributed by atoms with Gasteiger partial charge in [0.05, 0.1) is 6.61 Å². The summed E-state index contributed by atoms with van der Waals surface area (Å²) in [7, 11) is 0. The summed E-state index contributed by atoms with van der Waals surface area (Å²) in [6, 6.07) is 0. The first-order chi connectivity index (χ1) is 4.66. The Morgan fingerprint density at radius 1 is 1.70 bits per heavy atom. The van der Waals surface area contributed by atoms with Gasteiger partial charge in [-0.3, -0.25) is 8.74 Å². The fourth-order valence-corrected chi connectivity index (χ4v) is 0.764. The molecule has 0 aromatic rings. The van der Waals surface area contributed by atoms with Crippen LogP contribution in [0.15, 0.2) is 0 Å². The lowest BCUT2D eigenvalue weighted by molar-refractivity contribution is 0.277. The summed E-state index contributed by atoms with van der Waals surface area (Å²) in [5.41, 5.74) is 0. The zero-order chi connectivity index (χ0) is 7.98. The highest BCUT2D eigenvalue weighted by Crippen LogP contribution is 2.05. The van der Waals surface area contributed by atoms with Gasteiger partial charge in [-0.15, -0.1) is 0 Å². The van der Waals surface area contributed by atoms with E-state index >= 15 is 0 Å². The molecule has 10 heavy (non-hydrogen) atoms. The van der Waals surface area contributed by atoms with Gasteiger partial charge in [-0.05, 0) is 12.3 Å². The molecular formula is C6H14O3S. The molecule has 0 aromatic carbocycles. The van der Waals surface area contributed by atoms with Crippen molar-refractivity contribution in [2.24, 2.45) is 5.92 Å². The zero-order valence-electron chi connectivity index (χ0n) is 6.37. The number of rotatable bonds is 5. The minimum atomic E-state index is -2.08. The Balaban J connectivity index is 3.11. The highest BCUT2D eigenvalue weighted by atomic mass is 32.2. The number of hydrogen-bond acceptors (Lipinski definition) is 2. The first-order valence-corrected chi connectivity index (χ1v) is 4.44. The van der Waals surface area contributed by atoms with Gasteiger partial charge in [-0.1, -0.05) is 20.3 Å². The predicted molar refractivity (Wildman–Crippen MR) is 40.8 cm³/mol. The lowest BCUT2D eigenvalue weighted by Crippen LogP contribution is -2.02. The summed E-state index contributed by atoms with van der Waals surface area (Å²) in [6.45, 7) is 4.54. The van der Waals surface area contributed by atoms with Gasteiger partial charge >= 0.3 is 11.4 Å². The van der Waals surface area contributed by atoms with Crippen LogP contribution in [-0.4, -0.2) is 15.4 Å². The van der Waals surface area contributed by atoms with Gasteiger partial charge in [-0.2, -0.15) is 4.21 Å². The fraction of sp³-hybridized carbons (Fsp3) is 1.00. The van der Waals surface area contributed by atoms with Gasteiger partial charge in [-0.25, -0.2) is 0 Å². The second kappa shape index (κ2) is 5.82. The summed E-state index contributed by atoms with van der Waals surface area (Å²) in [5, 5.41) is 0. The molecule has 0 saturated heterocycles. The Labute approximate surface area is 64.3 Å². The quantitative estimate of drug-likeness (QED) is 0.631. The topological polar surface area (TPSA) is 46.5 Å². The van der Waals surface area contributed by atoms with Crippen LogP contribution in [0.5, 0.6) is 0 Å². The molecule has 0 aliphatic rings. The van der Waals surface area contributed by atoms with Crippen LogP contribution in [0.4, 0.5) is 0 Å². The number of hydrogen-bond donors (Lipinski definition) is 1. The molecule has 0 amide bonds. The molecule has 0 radical (unpaired) electrons. The SMILES string of the molecule is CCC(C)CCOS(=O)O. The van der Waals surface area contributed by atoms with E-state index in [-0.39, 0.29) is 0 Å². The molecule has 0 aliphatic heterocycles. The van der Waals surface area contributed by atoms with Crippen molar-refractivity contribution in [1.29, 1.82) is 0 Å². The molecule has 0 spiro atoms. The van der Waals surface area contributed by atoms with Gasteiger partial charge < -0.3 is 0 Å². The Morgan fingerprint density at radius 3 is 2.70 bits per heavy atom. The third-order valence-electron chi connectivity index (χ3n) is 1.49. The summed E-state index contributed by atoms with van der Waals surface area (Å²) in [4.78, 5) is 0. The second-order valence-electron chi connectivity index (χ2n) is 2.34. The highest BCUT2D eigenvalue weighted by molar-refractivity contribution is 7.74. The highest BCUT2D eigenvalue weighted by Gasteiger charge is 1.99. The maximum atomic E-state index is 9.96. The van der Waals surface area contributed by atoms with Crippen LogP contribution in [0, 0.1) is 5.92 Å². The van der Waals surface area contributed by atoms with E-state index in [1.807, 2.05) is 0 Å². The van der Waals surface area contributed by atoms with Crippen molar-refractivity contribution in [3.05, 3.63) is 0 Å². The van der Waals surface area contributed by atoms with Crippen LogP contribution in [0.3, 0.4) is 0 Å². The van der Waals surface area contributed by atoms with Gasteiger partial charge in [0.15, 0.2) is 0 Å². The van der Waals surface area contributed by atoms with Crippen LogP contribution in [-0.2, 0) is 15.5 Å². The van der Waals surface area contributed by atoms with Crippen molar-refractivity contribution in [1.82, 2.24) is 0 Å². The minimum absolute atomic E-state index is 0.373. The molecule has 4 heteroatoms. The zero-order valence-corrected chi connectivity index (χ0v) is 7.19. The lowest BCUT2D eigenvalue weighted by Gasteiger charge is -2.05. The fourth-order valence-electron chi connectivity index (χ4n) is 0.525. The molecular weight excluding hydrogens is 152 g/mol. The maximum Gasteiger partial charge on any atom is 0.301 e. The Bertz CT molecular complexity index is 105. The van der Waals surface area contributed by atoms with Crippen molar-refractivity contribution in [3.8, 4) is 0 Å². The molecule has 2 unspecified atom stereocenters. The Kier molecular flexibility index (Phi) is 5.87. The molecule has 0 bridgehead atoms. The van der Waals surface area contributed by atoms with E-state index < -0.39 is 11.4 Å². The third kappa shape index (κ3) is 6.19. The van der Waals surface area contributed by atoms with E-state index in [2.05, 4.69) is 18.0 Å². The normalized spacial score (nSPS) is 16.7. The average molecular weight is 166 g/mol. The van der Waals surface area contributed by atoms with Gasteiger partial charge in [0, 0.05) is 0 Å². The molecule has 1 N–H and O–H groups in total. The van der Waals surface area contributed by atoms with Gasteiger partial charge in [0.2, 0.25) is 0 Å². The molecule has 0 heterocycles. The summed E-state index contributed by atoms with van der Waals surface area (Å²) >= 11 is -2.08. The van der Waals surface area contributed by atoms with E-state index in [0.29, 0.717) is 12.5 Å². The van der Waals surface area contributed by atoms with Crippen molar-refractivity contribution < 1.29 is 12.9 Å². The van der Waals surface area contributed by atoms with Crippen molar-refractivity contribution >= 4 is 11.4 Å². The molecule has 0 aliphatic carbocycles. The minimum Gasteiger partial charge on any atom is -0.284 e. The van der Waals surface area contributed by atoms with Crippen molar-refractivity contribution in [2.75, 3.05) is 6.61 Å². The lowest BCUT2D eigenvalue weighted by atomic mass is 10.1. The van der Waals surface area contributed by atoms with Crippen molar-refractivity contribution in [2.45, 2.75) is 26.7 Å². The van der Waals surface area contributed by atoms with E-state index in [1.54, 1.807) is 0 Å². The Morgan fingerprint density at radius 2 is 2.30 bits per heavy atom. The largest absolute Gasteiger partial charge is 0.301 e. The molecule has 0 fully saturated rings. The van der Waals surface area contributed by atoms with E-state index in [4.69, 9.17) is 4.55 Å². The molecule has 3 nitrogen and oxygen atoms in total. The van der Waals surface area contributed by atoms with E-state index in [0.717, 1.165) is 12.8 Å². The average Bonchev–Trinajstić information content (AvgIpc) is 1.87. The smallest absolute Gasteiger partial charge is 0.284 e. The maximum absolute atomic E-state index is 9.96. The molecule has 0 saturated carbocycles. The first-order valence-electron chi connectivity index (χ1n) is 3.41. The van der Waals surface area contributed by atoms with Crippen molar-refractivity contribution in [3.63, 3.8) is 0 Å². The molecule has 0 rings (SSSR count).